The van der Waals surface area contributed by atoms with Crippen molar-refractivity contribution in [3.05, 3.63) is 70.8 Å². The van der Waals surface area contributed by atoms with Crippen molar-refractivity contribution in [3.63, 3.8) is 0 Å². The van der Waals surface area contributed by atoms with Gasteiger partial charge in [-0.2, -0.15) is 0 Å². The molecule has 1 aliphatic carbocycles. The Bertz CT molecular complexity index is 615. The number of rotatable bonds is 3. The molecule has 1 aliphatic rings. The Morgan fingerprint density at radius 1 is 0.905 bits per heavy atom. The molecule has 21 heavy (non-hydrogen) atoms. The van der Waals surface area contributed by atoms with Crippen LogP contribution in [0.2, 0.25) is 0 Å². The van der Waals surface area contributed by atoms with Crippen LogP contribution in [0.4, 0.5) is 0 Å². The lowest BCUT2D eigenvalue weighted by Crippen LogP contribution is -2.17. The number of hydrogen-bond donors (Lipinski definition) is 0. The summed E-state index contributed by atoms with van der Waals surface area (Å²) in [5, 5.41) is 0. The highest BCUT2D eigenvalue weighted by Crippen LogP contribution is 2.39. The second-order valence-corrected chi connectivity index (χ2v) is 6.54. The van der Waals surface area contributed by atoms with E-state index in [-0.39, 0.29) is 0 Å². The highest BCUT2D eigenvalue weighted by atomic mass is 15.0. The van der Waals surface area contributed by atoms with Gasteiger partial charge in [0.2, 0.25) is 0 Å². The SMILES string of the molecule is C[C@@H]1c2ccccc2C[C@@H](CCN(C)C)c2ccccc21. The molecule has 0 saturated carbocycles. The van der Waals surface area contributed by atoms with Crippen LogP contribution in [0.5, 0.6) is 0 Å². The minimum absolute atomic E-state index is 0.502. The van der Waals surface area contributed by atoms with Crippen molar-refractivity contribution in [1.29, 1.82) is 0 Å². The topological polar surface area (TPSA) is 3.24 Å². The van der Waals surface area contributed by atoms with Crippen molar-refractivity contribution in [1.82, 2.24) is 4.90 Å². The maximum atomic E-state index is 2.35. The van der Waals surface area contributed by atoms with Crippen LogP contribution in [0.1, 0.15) is 47.4 Å². The second-order valence-electron chi connectivity index (χ2n) is 6.54. The fraction of sp³-hybridized carbons (Fsp3) is 0.400. The Labute approximate surface area is 128 Å². The average molecular weight is 279 g/mol. The summed E-state index contributed by atoms with van der Waals surface area (Å²) in [6, 6.07) is 18.0. The summed E-state index contributed by atoms with van der Waals surface area (Å²) in [6.45, 7) is 3.50. The first-order valence-electron chi connectivity index (χ1n) is 7.98. The molecule has 0 aromatic heterocycles. The first-order valence-corrected chi connectivity index (χ1v) is 7.98. The van der Waals surface area contributed by atoms with Gasteiger partial charge in [-0.3, -0.25) is 0 Å². The summed E-state index contributed by atoms with van der Waals surface area (Å²) in [5.41, 5.74) is 6.12. The summed E-state index contributed by atoms with van der Waals surface area (Å²) in [6.07, 6.45) is 2.40. The lowest BCUT2D eigenvalue weighted by Gasteiger charge is -2.21. The molecule has 2 aromatic rings. The summed E-state index contributed by atoms with van der Waals surface area (Å²) in [7, 11) is 4.33. The van der Waals surface area contributed by atoms with E-state index in [1.807, 2.05) is 0 Å². The monoisotopic (exact) mass is 279 g/mol. The minimum atomic E-state index is 0.502. The molecule has 0 N–H and O–H groups in total. The molecule has 0 saturated heterocycles. The predicted octanol–water partition coefficient (Wildman–Crippen LogP) is 4.43. The fourth-order valence-electron chi connectivity index (χ4n) is 3.63. The smallest absolute Gasteiger partial charge is 0.00665 e. The van der Waals surface area contributed by atoms with Crippen molar-refractivity contribution in [2.24, 2.45) is 0 Å². The first kappa shape index (κ1) is 14.3. The van der Waals surface area contributed by atoms with Gasteiger partial charge in [-0.05, 0) is 61.7 Å². The normalized spacial score (nSPS) is 20.8. The number of fused-ring (bicyclic) bond motifs is 2. The Balaban J connectivity index is 2.04. The zero-order valence-electron chi connectivity index (χ0n) is 13.3. The standard InChI is InChI=1S/C20H25N/c1-15-18-9-5-4-8-16(18)14-17(12-13-21(2)3)20-11-7-6-10-19(15)20/h4-11,15,17H,12-14H2,1-3H3/t15-,17-/m1/s1. The molecular formula is C20H25N. The molecule has 0 fully saturated rings. The van der Waals surface area contributed by atoms with Crippen LogP contribution in [0.25, 0.3) is 0 Å². The molecular weight excluding hydrogens is 254 g/mol. The molecule has 110 valence electrons. The van der Waals surface area contributed by atoms with Crippen molar-refractivity contribution < 1.29 is 0 Å². The second kappa shape index (κ2) is 6.03. The zero-order valence-corrected chi connectivity index (χ0v) is 13.3. The summed E-state index contributed by atoms with van der Waals surface area (Å²) < 4.78 is 0. The highest BCUT2D eigenvalue weighted by Gasteiger charge is 2.25. The van der Waals surface area contributed by atoms with E-state index in [1.165, 1.54) is 29.5 Å². The maximum absolute atomic E-state index is 2.35. The molecule has 3 rings (SSSR count). The number of benzene rings is 2. The third-order valence-corrected chi connectivity index (χ3v) is 4.82. The van der Waals surface area contributed by atoms with Gasteiger partial charge in [0.15, 0.2) is 0 Å². The van der Waals surface area contributed by atoms with Crippen molar-refractivity contribution in [3.8, 4) is 0 Å². The largest absolute Gasteiger partial charge is 0.309 e. The van der Waals surface area contributed by atoms with Gasteiger partial charge in [0.25, 0.3) is 0 Å². The van der Waals surface area contributed by atoms with Crippen LogP contribution in [-0.4, -0.2) is 25.5 Å². The van der Waals surface area contributed by atoms with E-state index in [0.29, 0.717) is 11.8 Å². The number of hydrogen-bond acceptors (Lipinski definition) is 1. The lowest BCUT2D eigenvalue weighted by atomic mass is 9.87. The molecule has 0 unspecified atom stereocenters. The van der Waals surface area contributed by atoms with Crippen LogP contribution in [0.3, 0.4) is 0 Å². The van der Waals surface area contributed by atoms with E-state index in [1.54, 1.807) is 5.56 Å². The molecule has 2 aromatic carbocycles. The number of nitrogens with zero attached hydrogens (tertiary/aromatic N) is 1. The minimum Gasteiger partial charge on any atom is -0.309 e. The van der Waals surface area contributed by atoms with E-state index in [2.05, 4.69) is 74.4 Å². The Kier molecular flexibility index (Phi) is 4.12. The molecule has 0 aliphatic heterocycles. The Morgan fingerprint density at radius 2 is 1.52 bits per heavy atom. The van der Waals surface area contributed by atoms with E-state index in [9.17, 15) is 0 Å². The van der Waals surface area contributed by atoms with Crippen LogP contribution in [0, 0.1) is 0 Å². The third-order valence-electron chi connectivity index (χ3n) is 4.82. The molecule has 1 nitrogen and oxygen atoms in total. The van der Waals surface area contributed by atoms with E-state index in [0.717, 1.165) is 6.54 Å². The van der Waals surface area contributed by atoms with Crippen LogP contribution in [-0.2, 0) is 6.42 Å². The first-order chi connectivity index (χ1) is 10.2. The van der Waals surface area contributed by atoms with E-state index < -0.39 is 0 Å². The molecule has 0 radical (unpaired) electrons. The summed E-state index contributed by atoms with van der Waals surface area (Å²) in [4.78, 5) is 2.29. The molecule has 1 heteroatoms. The molecule has 0 spiro atoms. The Morgan fingerprint density at radius 3 is 2.24 bits per heavy atom. The average Bonchev–Trinajstić information content (AvgIpc) is 2.62. The Hall–Kier alpha value is -1.60. The molecule has 0 bridgehead atoms. The van der Waals surface area contributed by atoms with Crippen molar-refractivity contribution in [2.45, 2.75) is 31.6 Å². The van der Waals surface area contributed by atoms with Gasteiger partial charge in [0.05, 0.1) is 0 Å². The summed E-state index contributed by atoms with van der Waals surface area (Å²) in [5.74, 6) is 1.14. The molecule has 0 amide bonds. The molecule has 0 heterocycles. The van der Waals surface area contributed by atoms with Gasteiger partial charge >= 0.3 is 0 Å². The predicted molar refractivity (Wildman–Crippen MR) is 90.0 cm³/mol. The van der Waals surface area contributed by atoms with Gasteiger partial charge in [-0.25, -0.2) is 0 Å². The van der Waals surface area contributed by atoms with Crippen molar-refractivity contribution >= 4 is 0 Å². The van der Waals surface area contributed by atoms with Crippen LogP contribution in [0.15, 0.2) is 48.5 Å². The van der Waals surface area contributed by atoms with Crippen LogP contribution < -0.4 is 0 Å². The van der Waals surface area contributed by atoms with Gasteiger partial charge in [0.1, 0.15) is 0 Å². The van der Waals surface area contributed by atoms with E-state index in [4.69, 9.17) is 0 Å². The van der Waals surface area contributed by atoms with Crippen molar-refractivity contribution in [2.75, 3.05) is 20.6 Å². The van der Waals surface area contributed by atoms with E-state index >= 15 is 0 Å². The zero-order chi connectivity index (χ0) is 14.8. The van der Waals surface area contributed by atoms with Gasteiger partial charge in [-0.1, -0.05) is 55.5 Å². The fourth-order valence-corrected chi connectivity index (χ4v) is 3.63. The quantitative estimate of drug-likeness (QED) is 0.803. The maximum Gasteiger partial charge on any atom is 0.00665 e. The van der Waals surface area contributed by atoms with Crippen LogP contribution >= 0.6 is 0 Å². The highest BCUT2D eigenvalue weighted by molar-refractivity contribution is 5.46. The van der Waals surface area contributed by atoms with Gasteiger partial charge in [-0.15, -0.1) is 0 Å². The summed E-state index contributed by atoms with van der Waals surface area (Å²) >= 11 is 0. The molecule has 2 atom stereocenters. The van der Waals surface area contributed by atoms with Gasteiger partial charge in [0, 0.05) is 5.92 Å². The van der Waals surface area contributed by atoms with Gasteiger partial charge < -0.3 is 4.90 Å². The lowest BCUT2D eigenvalue weighted by molar-refractivity contribution is 0.380. The third kappa shape index (κ3) is 2.89.